The maximum atomic E-state index is 6.13. The number of hydrazone groups is 1. The monoisotopic (exact) mass is 394 g/mol. The van der Waals surface area contributed by atoms with Gasteiger partial charge in [0.15, 0.2) is 11.5 Å². The first-order chi connectivity index (χ1) is 13.7. The molecule has 4 nitrogen and oxygen atoms in total. The molecule has 0 atom stereocenters. The Kier molecular flexibility index (Phi) is 6.93. The number of hydrogen-bond donors (Lipinski definition) is 1. The number of anilines is 1. The molecule has 3 aromatic carbocycles. The van der Waals surface area contributed by atoms with Crippen molar-refractivity contribution < 1.29 is 9.47 Å². The fourth-order valence-electron chi connectivity index (χ4n) is 2.57. The fourth-order valence-corrected chi connectivity index (χ4v) is 2.75. The van der Waals surface area contributed by atoms with Gasteiger partial charge in [-0.25, -0.2) is 0 Å². The van der Waals surface area contributed by atoms with Gasteiger partial charge in [-0.05, 0) is 60.9 Å². The van der Waals surface area contributed by atoms with Gasteiger partial charge >= 0.3 is 0 Å². The predicted octanol–water partition coefficient (Wildman–Crippen LogP) is 6.07. The molecule has 28 heavy (non-hydrogen) atoms. The van der Waals surface area contributed by atoms with Crippen molar-refractivity contribution >= 4 is 23.5 Å². The third kappa shape index (κ3) is 5.51. The summed E-state index contributed by atoms with van der Waals surface area (Å²) in [5.74, 6) is 1.40. The van der Waals surface area contributed by atoms with Crippen LogP contribution in [0.2, 0.25) is 5.02 Å². The first kappa shape index (κ1) is 19.8. The molecule has 0 fully saturated rings. The third-order valence-electron chi connectivity index (χ3n) is 4.08. The molecule has 0 heterocycles. The zero-order valence-corrected chi connectivity index (χ0v) is 16.7. The Morgan fingerprint density at radius 3 is 2.54 bits per heavy atom. The van der Waals surface area contributed by atoms with Crippen molar-refractivity contribution in [2.45, 2.75) is 20.5 Å². The van der Waals surface area contributed by atoms with Gasteiger partial charge in [-0.1, -0.05) is 48.0 Å². The second-order valence-corrected chi connectivity index (χ2v) is 6.65. The zero-order valence-electron chi connectivity index (χ0n) is 16.0. The lowest BCUT2D eigenvalue weighted by atomic mass is 10.2. The fraction of sp³-hybridized carbons (Fsp3) is 0.174. The van der Waals surface area contributed by atoms with Crippen molar-refractivity contribution in [2.24, 2.45) is 5.10 Å². The van der Waals surface area contributed by atoms with Gasteiger partial charge in [0, 0.05) is 5.02 Å². The van der Waals surface area contributed by atoms with Crippen molar-refractivity contribution in [1.82, 2.24) is 0 Å². The van der Waals surface area contributed by atoms with Crippen LogP contribution in [0.1, 0.15) is 23.6 Å². The van der Waals surface area contributed by atoms with Gasteiger partial charge in [0.1, 0.15) is 6.61 Å². The molecule has 0 aromatic heterocycles. The minimum atomic E-state index is 0.490. The van der Waals surface area contributed by atoms with Crippen LogP contribution in [0.3, 0.4) is 0 Å². The van der Waals surface area contributed by atoms with E-state index in [2.05, 4.69) is 10.5 Å². The smallest absolute Gasteiger partial charge is 0.161 e. The van der Waals surface area contributed by atoms with Crippen LogP contribution < -0.4 is 14.9 Å². The van der Waals surface area contributed by atoms with E-state index in [1.807, 2.05) is 80.6 Å². The summed E-state index contributed by atoms with van der Waals surface area (Å²) in [5.41, 5.74) is 6.86. The molecule has 144 valence electrons. The number of rotatable bonds is 8. The van der Waals surface area contributed by atoms with Crippen molar-refractivity contribution in [3.8, 4) is 11.5 Å². The van der Waals surface area contributed by atoms with Crippen molar-refractivity contribution in [2.75, 3.05) is 12.0 Å². The summed E-state index contributed by atoms with van der Waals surface area (Å²) in [4.78, 5) is 0. The highest BCUT2D eigenvalue weighted by molar-refractivity contribution is 6.31. The molecular weight excluding hydrogens is 372 g/mol. The van der Waals surface area contributed by atoms with Gasteiger partial charge in [0.25, 0.3) is 0 Å². The van der Waals surface area contributed by atoms with E-state index in [0.29, 0.717) is 29.7 Å². The first-order valence-electron chi connectivity index (χ1n) is 9.14. The number of nitrogens with zero attached hydrogens (tertiary/aromatic N) is 1. The number of nitrogens with one attached hydrogen (secondary N) is 1. The van der Waals surface area contributed by atoms with Gasteiger partial charge in [-0.3, -0.25) is 5.43 Å². The van der Waals surface area contributed by atoms with Crippen LogP contribution in [0.5, 0.6) is 11.5 Å². The van der Waals surface area contributed by atoms with Crippen LogP contribution in [0.4, 0.5) is 5.69 Å². The second-order valence-electron chi connectivity index (χ2n) is 6.25. The number of halogens is 1. The maximum absolute atomic E-state index is 6.13. The van der Waals surface area contributed by atoms with Gasteiger partial charge in [0.2, 0.25) is 0 Å². The number of ether oxygens (including phenoxy) is 2. The molecule has 5 heteroatoms. The average molecular weight is 395 g/mol. The summed E-state index contributed by atoms with van der Waals surface area (Å²) in [7, 11) is 0. The molecule has 0 saturated carbocycles. The molecule has 0 bridgehead atoms. The van der Waals surface area contributed by atoms with Crippen LogP contribution >= 0.6 is 11.6 Å². The lowest BCUT2D eigenvalue weighted by molar-refractivity contribution is 0.269. The SMILES string of the molecule is CCOc1cc(/C=N/Nc2ccc(C)c(Cl)c2)ccc1OCc1ccccc1. The minimum absolute atomic E-state index is 0.490. The van der Waals surface area contributed by atoms with Gasteiger partial charge in [-0.2, -0.15) is 5.10 Å². The van der Waals surface area contributed by atoms with E-state index in [0.717, 1.165) is 22.4 Å². The van der Waals surface area contributed by atoms with E-state index in [1.54, 1.807) is 6.21 Å². The highest BCUT2D eigenvalue weighted by Crippen LogP contribution is 2.29. The van der Waals surface area contributed by atoms with Crippen LogP contribution in [0.15, 0.2) is 71.8 Å². The molecule has 0 radical (unpaired) electrons. The largest absolute Gasteiger partial charge is 0.490 e. The molecule has 0 aliphatic rings. The Morgan fingerprint density at radius 1 is 0.964 bits per heavy atom. The van der Waals surface area contributed by atoms with Crippen molar-refractivity contribution in [1.29, 1.82) is 0 Å². The van der Waals surface area contributed by atoms with Crippen molar-refractivity contribution in [3.63, 3.8) is 0 Å². The molecule has 0 aliphatic carbocycles. The van der Waals surface area contributed by atoms with E-state index < -0.39 is 0 Å². The topological polar surface area (TPSA) is 42.8 Å². The lowest BCUT2D eigenvalue weighted by Gasteiger charge is -2.12. The standard InChI is InChI=1S/C23H23ClN2O2/c1-3-27-23-13-19(15-25-26-20-11-9-17(2)21(24)14-20)10-12-22(23)28-16-18-7-5-4-6-8-18/h4-15,26H,3,16H2,1-2H3/b25-15+. The Hall–Kier alpha value is -2.98. The summed E-state index contributed by atoms with van der Waals surface area (Å²) in [5, 5.41) is 4.98. The van der Waals surface area contributed by atoms with Crippen LogP contribution in [-0.2, 0) is 6.61 Å². The highest BCUT2D eigenvalue weighted by Gasteiger charge is 2.06. The molecule has 0 amide bonds. The van der Waals surface area contributed by atoms with E-state index >= 15 is 0 Å². The van der Waals surface area contributed by atoms with E-state index in [1.165, 1.54) is 0 Å². The van der Waals surface area contributed by atoms with Gasteiger partial charge < -0.3 is 9.47 Å². The molecule has 1 N–H and O–H groups in total. The van der Waals surface area contributed by atoms with Gasteiger partial charge in [0.05, 0.1) is 18.5 Å². The number of benzene rings is 3. The molecule has 3 aromatic rings. The third-order valence-corrected chi connectivity index (χ3v) is 4.49. The van der Waals surface area contributed by atoms with E-state index in [4.69, 9.17) is 21.1 Å². The van der Waals surface area contributed by atoms with Crippen LogP contribution in [0.25, 0.3) is 0 Å². The summed E-state index contributed by atoms with van der Waals surface area (Å²) in [6.07, 6.45) is 1.73. The predicted molar refractivity (Wildman–Crippen MR) is 116 cm³/mol. The summed E-state index contributed by atoms with van der Waals surface area (Å²) in [6, 6.07) is 21.5. The molecule has 0 saturated heterocycles. The quantitative estimate of drug-likeness (QED) is 0.372. The number of aryl methyl sites for hydroxylation is 1. The summed E-state index contributed by atoms with van der Waals surface area (Å²) >= 11 is 6.13. The Bertz CT molecular complexity index is 943. The minimum Gasteiger partial charge on any atom is -0.490 e. The van der Waals surface area contributed by atoms with E-state index in [-0.39, 0.29) is 0 Å². The molecule has 3 rings (SSSR count). The lowest BCUT2D eigenvalue weighted by Crippen LogP contribution is -2.00. The molecular formula is C23H23ClN2O2. The van der Waals surface area contributed by atoms with Crippen LogP contribution in [-0.4, -0.2) is 12.8 Å². The van der Waals surface area contributed by atoms with E-state index in [9.17, 15) is 0 Å². The second kappa shape index (κ2) is 9.81. The highest BCUT2D eigenvalue weighted by atomic mass is 35.5. The Morgan fingerprint density at radius 2 is 1.79 bits per heavy atom. The van der Waals surface area contributed by atoms with Crippen molar-refractivity contribution in [3.05, 3.63) is 88.4 Å². The number of hydrogen-bond acceptors (Lipinski definition) is 4. The Labute approximate surface area is 170 Å². The summed E-state index contributed by atoms with van der Waals surface area (Å²) < 4.78 is 11.7. The normalized spacial score (nSPS) is 10.8. The molecule has 0 unspecified atom stereocenters. The zero-order chi connectivity index (χ0) is 19.8. The van der Waals surface area contributed by atoms with Gasteiger partial charge in [-0.15, -0.1) is 0 Å². The average Bonchev–Trinajstić information content (AvgIpc) is 2.71. The van der Waals surface area contributed by atoms with Crippen LogP contribution in [0, 0.1) is 6.92 Å². The molecule has 0 aliphatic heterocycles. The maximum Gasteiger partial charge on any atom is 0.161 e. The summed E-state index contributed by atoms with van der Waals surface area (Å²) in [6.45, 7) is 4.96. The Balaban J connectivity index is 1.67. The molecule has 0 spiro atoms. The first-order valence-corrected chi connectivity index (χ1v) is 9.52.